The number of benzene rings is 1. The number of rotatable bonds is 3. The summed E-state index contributed by atoms with van der Waals surface area (Å²) in [6.07, 6.45) is 0.915. The van der Waals surface area contributed by atoms with Crippen molar-refractivity contribution in [2.24, 2.45) is 17.0 Å². The summed E-state index contributed by atoms with van der Waals surface area (Å²) in [4.78, 5) is 12.1. The lowest BCUT2D eigenvalue weighted by Crippen LogP contribution is -2.38. The van der Waals surface area contributed by atoms with Gasteiger partial charge in [0.15, 0.2) is 4.90 Å². The molecule has 0 unspecified atom stereocenters. The van der Waals surface area contributed by atoms with E-state index in [9.17, 15) is 18.5 Å². The first-order valence-electron chi connectivity index (χ1n) is 6.77. The van der Waals surface area contributed by atoms with Gasteiger partial charge in [0.25, 0.3) is 0 Å². The van der Waals surface area contributed by atoms with E-state index in [-0.39, 0.29) is 0 Å². The van der Waals surface area contributed by atoms with Crippen molar-refractivity contribution in [3.63, 3.8) is 0 Å². The molecule has 2 N–H and O–H groups in total. The van der Waals surface area contributed by atoms with E-state index < -0.39 is 25.5 Å². The number of hydrogen-bond donors (Lipinski definition) is 1. The van der Waals surface area contributed by atoms with E-state index in [4.69, 9.17) is 5.14 Å². The Bertz CT molecular complexity index is 659. The topological polar surface area (TPSA) is 107 Å². The zero-order valence-corrected chi connectivity index (χ0v) is 12.8. The average Bonchev–Trinajstić information content (AvgIpc) is 2.40. The van der Waals surface area contributed by atoms with E-state index in [1.165, 1.54) is 12.1 Å². The molecule has 0 saturated carbocycles. The van der Waals surface area contributed by atoms with Crippen LogP contribution >= 0.6 is 0 Å². The van der Waals surface area contributed by atoms with Gasteiger partial charge in [-0.2, -0.15) is 0 Å². The standard InChI is InChI=1S/C13H19N3O4S/c1-9-6-7-15(8-10(9)2)11-4-3-5-12(21(14,19)20)13(11)16(17)18/h3-5,9-10H,6-8H2,1-2H3,(H2,14,19,20)/t9-,10-/m1/s1. The quantitative estimate of drug-likeness (QED) is 0.675. The highest BCUT2D eigenvalue weighted by molar-refractivity contribution is 7.89. The second-order valence-electron chi connectivity index (χ2n) is 5.62. The molecule has 0 aliphatic carbocycles. The van der Waals surface area contributed by atoms with Gasteiger partial charge in [-0.3, -0.25) is 10.1 Å². The lowest BCUT2D eigenvalue weighted by atomic mass is 9.88. The fourth-order valence-electron chi connectivity index (χ4n) is 2.66. The zero-order valence-electron chi connectivity index (χ0n) is 12.0. The van der Waals surface area contributed by atoms with Gasteiger partial charge in [-0.05, 0) is 30.4 Å². The molecule has 1 aromatic rings. The molecule has 1 saturated heterocycles. The predicted molar refractivity (Wildman–Crippen MR) is 79.6 cm³/mol. The first-order chi connectivity index (χ1) is 9.71. The molecular formula is C13H19N3O4S. The molecule has 0 radical (unpaired) electrons. The molecule has 0 amide bonds. The van der Waals surface area contributed by atoms with Crippen molar-refractivity contribution in [1.82, 2.24) is 0 Å². The molecule has 1 aliphatic rings. The summed E-state index contributed by atoms with van der Waals surface area (Å²) in [6.45, 7) is 5.57. The van der Waals surface area contributed by atoms with Gasteiger partial charge in [-0.15, -0.1) is 0 Å². The van der Waals surface area contributed by atoms with Gasteiger partial charge in [0.05, 0.1) is 4.92 Å². The Morgan fingerprint density at radius 1 is 1.33 bits per heavy atom. The summed E-state index contributed by atoms with van der Waals surface area (Å²) in [7, 11) is -4.13. The molecule has 0 spiro atoms. The molecule has 1 aromatic carbocycles. The third-order valence-corrected chi connectivity index (χ3v) is 5.08. The normalized spacial score (nSPS) is 23.1. The van der Waals surface area contributed by atoms with Crippen molar-refractivity contribution in [1.29, 1.82) is 0 Å². The Morgan fingerprint density at radius 2 is 2.00 bits per heavy atom. The molecule has 2 atom stereocenters. The monoisotopic (exact) mass is 313 g/mol. The van der Waals surface area contributed by atoms with Gasteiger partial charge < -0.3 is 4.90 Å². The molecule has 8 heteroatoms. The Morgan fingerprint density at radius 3 is 2.52 bits per heavy atom. The maximum absolute atomic E-state index is 11.6. The third kappa shape index (κ3) is 3.16. The van der Waals surface area contributed by atoms with Crippen LogP contribution in [0.2, 0.25) is 0 Å². The highest BCUT2D eigenvalue weighted by atomic mass is 32.2. The van der Waals surface area contributed by atoms with Crippen LogP contribution in [-0.2, 0) is 10.0 Å². The molecular weight excluding hydrogens is 294 g/mol. The molecule has 0 bridgehead atoms. The van der Waals surface area contributed by atoms with E-state index >= 15 is 0 Å². The van der Waals surface area contributed by atoms with Gasteiger partial charge in [-0.1, -0.05) is 19.9 Å². The van der Waals surface area contributed by atoms with Crippen LogP contribution < -0.4 is 10.0 Å². The summed E-state index contributed by atoms with van der Waals surface area (Å²) < 4.78 is 23.1. The predicted octanol–water partition coefficient (Wildman–Crippen LogP) is 1.72. The number of para-hydroxylation sites is 1. The van der Waals surface area contributed by atoms with Crippen molar-refractivity contribution in [2.45, 2.75) is 25.2 Å². The van der Waals surface area contributed by atoms with Crippen LogP contribution in [0.1, 0.15) is 20.3 Å². The van der Waals surface area contributed by atoms with E-state index in [0.29, 0.717) is 30.6 Å². The SMILES string of the molecule is C[C@@H]1CCN(c2cccc(S(N)(=O)=O)c2[N+](=O)[O-])C[C@H]1C. The summed E-state index contributed by atoms with van der Waals surface area (Å²) in [5.41, 5.74) is -0.105. The van der Waals surface area contributed by atoms with E-state index in [2.05, 4.69) is 13.8 Å². The first-order valence-corrected chi connectivity index (χ1v) is 8.31. The van der Waals surface area contributed by atoms with Crippen molar-refractivity contribution >= 4 is 21.4 Å². The van der Waals surface area contributed by atoms with Crippen LogP contribution in [0.15, 0.2) is 23.1 Å². The van der Waals surface area contributed by atoms with Crippen LogP contribution in [0.5, 0.6) is 0 Å². The van der Waals surface area contributed by atoms with Gasteiger partial charge >= 0.3 is 5.69 Å². The van der Waals surface area contributed by atoms with Crippen LogP contribution in [0.3, 0.4) is 0 Å². The Kier molecular flexibility index (Phi) is 4.20. The number of sulfonamides is 1. The minimum absolute atomic E-state index is 0.324. The van der Waals surface area contributed by atoms with Gasteiger partial charge in [0.2, 0.25) is 10.0 Å². The zero-order chi connectivity index (χ0) is 15.8. The average molecular weight is 313 g/mol. The summed E-state index contributed by atoms with van der Waals surface area (Å²) in [6, 6.07) is 4.24. The maximum Gasteiger partial charge on any atom is 0.312 e. The second-order valence-corrected chi connectivity index (χ2v) is 7.15. The maximum atomic E-state index is 11.6. The Labute approximate surface area is 123 Å². The number of nitro benzene ring substituents is 1. The summed E-state index contributed by atoms with van der Waals surface area (Å²) in [5.74, 6) is 0.929. The molecule has 7 nitrogen and oxygen atoms in total. The van der Waals surface area contributed by atoms with Gasteiger partial charge in [0, 0.05) is 13.1 Å². The molecule has 21 heavy (non-hydrogen) atoms. The van der Waals surface area contributed by atoms with Gasteiger partial charge in [-0.25, -0.2) is 13.6 Å². The Hall–Kier alpha value is -1.67. The van der Waals surface area contributed by atoms with Gasteiger partial charge in [0.1, 0.15) is 5.69 Å². The minimum Gasteiger partial charge on any atom is -0.366 e. The second kappa shape index (κ2) is 5.61. The van der Waals surface area contributed by atoms with Crippen LogP contribution in [0, 0.1) is 22.0 Å². The van der Waals surface area contributed by atoms with Crippen molar-refractivity contribution in [3.05, 3.63) is 28.3 Å². The van der Waals surface area contributed by atoms with Crippen molar-refractivity contribution in [2.75, 3.05) is 18.0 Å². The molecule has 116 valence electrons. The molecule has 2 rings (SSSR count). The molecule has 0 aromatic heterocycles. The molecule has 1 fully saturated rings. The van der Waals surface area contributed by atoms with E-state index in [1.807, 2.05) is 4.90 Å². The smallest absolute Gasteiger partial charge is 0.312 e. The van der Waals surface area contributed by atoms with Crippen molar-refractivity contribution in [3.8, 4) is 0 Å². The van der Waals surface area contributed by atoms with Crippen LogP contribution in [0.25, 0.3) is 0 Å². The molecule has 1 heterocycles. The number of primary sulfonamides is 1. The largest absolute Gasteiger partial charge is 0.366 e. The number of piperidine rings is 1. The third-order valence-electron chi connectivity index (χ3n) is 4.14. The fourth-order valence-corrected chi connectivity index (χ4v) is 3.38. The highest BCUT2D eigenvalue weighted by Crippen LogP contribution is 2.36. The summed E-state index contributed by atoms with van der Waals surface area (Å²) in [5, 5.41) is 16.4. The van der Waals surface area contributed by atoms with Crippen LogP contribution in [0.4, 0.5) is 11.4 Å². The number of nitro groups is 1. The first kappa shape index (κ1) is 15.7. The number of hydrogen-bond acceptors (Lipinski definition) is 5. The number of nitrogens with zero attached hydrogens (tertiary/aromatic N) is 2. The fraction of sp³-hybridized carbons (Fsp3) is 0.538. The Balaban J connectivity index is 2.52. The lowest BCUT2D eigenvalue weighted by molar-refractivity contribution is -0.387. The van der Waals surface area contributed by atoms with E-state index in [1.54, 1.807) is 6.07 Å². The molecule has 1 aliphatic heterocycles. The minimum atomic E-state index is -4.13. The lowest BCUT2D eigenvalue weighted by Gasteiger charge is -2.36. The number of anilines is 1. The number of nitrogens with two attached hydrogens (primary N) is 1. The van der Waals surface area contributed by atoms with Crippen molar-refractivity contribution < 1.29 is 13.3 Å². The van der Waals surface area contributed by atoms with E-state index in [0.717, 1.165) is 6.42 Å². The highest BCUT2D eigenvalue weighted by Gasteiger charge is 2.32. The van der Waals surface area contributed by atoms with Crippen LogP contribution in [-0.4, -0.2) is 26.4 Å². The summed E-state index contributed by atoms with van der Waals surface area (Å²) >= 11 is 0.